The molecule has 0 saturated heterocycles. The fraction of sp³-hybridized carbons (Fsp3) is 0.111. The van der Waals surface area contributed by atoms with Gasteiger partial charge in [0.15, 0.2) is 0 Å². The SMILES string of the molecule is C=C(NNC(=O)c1cccc(NC(=O)CC)c1)c1ccc(F)cc1. The van der Waals surface area contributed by atoms with Crippen LogP contribution >= 0.6 is 0 Å². The van der Waals surface area contributed by atoms with Gasteiger partial charge in [-0.1, -0.05) is 19.6 Å². The number of rotatable bonds is 6. The Morgan fingerprint density at radius 1 is 1.04 bits per heavy atom. The summed E-state index contributed by atoms with van der Waals surface area (Å²) in [6.07, 6.45) is 0.357. The van der Waals surface area contributed by atoms with Crippen LogP contribution in [0, 0.1) is 5.82 Å². The number of benzene rings is 2. The molecule has 2 amide bonds. The van der Waals surface area contributed by atoms with Gasteiger partial charge in [0, 0.05) is 17.7 Å². The molecule has 0 spiro atoms. The first kappa shape index (κ1) is 17.2. The van der Waals surface area contributed by atoms with Crippen molar-refractivity contribution in [1.29, 1.82) is 0 Å². The summed E-state index contributed by atoms with van der Waals surface area (Å²) in [7, 11) is 0. The molecule has 0 aliphatic carbocycles. The first-order valence-corrected chi connectivity index (χ1v) is 7.40. The minimum atomic E-state index is -0.383. The number of hydrazine groups is 1. The molecule has 0 atom stereocenters. The van der Waals surface area contributed by atoms with Gasteiger partial charge in [-0.3, -0.25) is 20.4 Å². The van der Waals surface area contributed by atoms with Crippen molar-refractivity contribution in [2.45, 2.75) is 13.3 Å². The summed E-state index contributed by atoms with van der Waals surface area (Å²) >= 11 is 0. The van der Waals surface area contributed by atoms with Crippen LogP contribution in [0.2, 0.25) is 0 Å². The van der Waals surface area contributed by atoms with E-state index in [1.54, 1.807) is 43.3 Å². The molecular weight excluding hydrogens is 309 g/mol. The predicted molar refractivity (Wildman–Crippen MR) is 91.4 cm³/mol. The third kappa shape index (κ3) is 4.67. The number of halogens is 1. The number of carbonyl (C=O) groups excluding carboxylic acids is 2. The Kier molecular flexibility index (Phi) is 5.68. The third-order valence-electron chi connectivity index (χ3n) is 3.25. The molecule has 5 nitrogen and oxygen atoms in total. The zero-order chi connectivity index (χ0) is 17.5. The molecule has 0 aliphatic rings. The Bertz CT molecular complexity index is 757. The predicted octanol–water partition coefficient (Wildman–Crippen LogP) is 3.08. The van der Waals surface area contributed by atoms with Crippen molar-refractivity contribution in [2.24, 2.45) is 0 Å². The van der Waals surface area contributed by atoms with Gasteiger partial charge in [0.2, 0.25) is 5.91 Å². The molecule has 3 N–H and O–H groups in total. The highest BCUT2D eigenvalue weighted by Crippen LogP contribution is 2.12. The molecule has 2 rings (SSSR count). The Morgan fingerprint density at radius 3 is 2.42 bits per heavy atom. The summed E-state index contributed by atoms with van der Waals surface area (Å²) in [5.74, 6) is -0.859. The van der Waals surface area contributed by atoms with Gasteiger partial charge in [0.05, 0.1) is 5.70 Å². The Balaban J connectivity index is 1.97. The molecule has 2 aromatic carbocycles. The van der Waals surface area contributed by atoms with Crippen molar-refractivity contribution in [3.8, 4) is 0 Å². The summed E-state index contributed by atoms with van der Waals surface area (Å²) in [5.41, 5.74) is 7.20. The van der Waals surface area contributed by atoms with E-state index in [0.29, 0.717) is 28.9 Å². The Morgan fingerprint density at radius 2 is 1.75 bits per heavy atom. The van der Waals surface area contributed by atoms with Crippen molar-refractivity contribution < 1.29 is 14.0 Å². The lowest BCUT2D eigenvalue weighted by Crippen LogP contribution is -2.35. The van der Waals surface area contributed by atoms with Crippen molar-refractivity contribution >= 4 is 23.2 Å². The van der Waals surface area contributed by atoms with Crippen molar-refractivity contribution in [1.82, 2.24) is 10.9 Å². The number of hydrogen-bond acceptors (Lipinski definition) is 3. The van der Waals surface area contributed by atoms with E-state index in [1.165, 1.54) is 12.1 Å². The van der Waals surface area contributed by atoms with Crippen LogP contribution in [0.15, 0.2) is 55.1 Å². The molecule has 0 aliphatic heterocycles. The number of carbonyl (C=O) groups is 2. The van der Waals surface area contributed by atoms with Gasteiger partial charge < -0.3 is 5.32 Å². The maximum absolute atomic E-state index is 12.9. The van der Waals surface area contributed by atoms with Crippen LogP contribution < -0.4 is 16.2 Å². The monoisotopic (exact) mass is 327 g/mol. The fourth-order valence-electron chi connectivity index (χ4n) is 1.92. The molecule has 0 aromatic heterocycles. The van der Waals surface area contributed by atoms with Crippen LogP contribution in [0.3, 0.4) is 0 Å². The van der Waals surface area contributed by atoms with Gasteiger partial charge in [-0.05, 0) is 48.0 Å². The van der Waals surface area contributed by atoms with E-state index in [4.69, 9.17) is 0 Å². The van der Waals surface area contributed by atoms with Crippen molar-refractivity contribution in [3.05, 3.63) is 72.1 Å². The molecule has 0 bridgehead atoms. The average Bonchev–Trinajstić information content (AvgIpc) is 2.60. The van der Waals surface area contributed by atoms with Crippen LogP contribution in [0.4, 0.5) is 10.1 Å². The summed E-state index contributed by atoms with van der Waals surface area (Å²) in [4.78, 5) is 23.6. The van der Waals surface area contributed by atoms with Crippen LogP contribution in [0.5, 0.6) is 0 Å². The van der Waals surface area contributed by atoms with Gasteiger partial charge >= 0.3 is 0 Å². The molecule has 0 heterocycles. The number of amides is 2. The molecule has 0 radical (unpaired) electrons. The van der Waals surface area contributed by atoms with Crippen LogP contribution in [0.1, 0.15) is 29.3 Å². The number of nitrogens with one attached hydrogen (secondary N) is 3. The quantitative estimate of drug-likeness (QED) is 0.714. The maximum atomic E-state index is 12.9. The van der Waals surface area contributed by atoms with E-state index in [2.05, 4.69) is 22.7 Å². The second kappa shape index (κ2) is 7.92. The van der Waals surface area contributed by atoms with E-state index in [0.717, 1.165) is 0 Å². The highest BCUT2D eigenvalue weighted by Gasteiger charge is 2.08. The molecule has 0 unspecified atom stereocenters. The molecule has 0 saturated carbocycles. The van der Waals surface area contributed by atoms with Crippen LogP contribution in [-0.4, -0.2) is 11.8 Å². The van der Waals surface area contributed by atoms with E-state index in [-0.39, 0.29) is 17.6 Å². The van der Waals surface area contributed by atoms with Crippen LogP contribution in [-0.2, 0) is 4.79 Å². The van der Waals surface area contributed by atoms with Gasteiger partial charge in [-0.25, -0.2) is 4.39 Å². The summed E-state index contributed by atoms with van der Waals surface area (Å²) in [5, 5.41) is 2.69. The second-order valence-corrected chi connectivity index (χ2v) is 5.05. The van der Waals surface area contributed by atoms with Gasteiger partial charge in [-0.15, -0.1) is 0 Å². The van der Waals surface area contributed by atoms with E-state index in [1.807, 2.05) is 0 Å². The first-order valence-electron chi connectivity index (χ1n) is 7.40. The minimum absolute atomic E-state index is 0.129. The second-order valence-electron chi connectivity index (χ2n) is 5.05. The number of anilines is 1. The summed E-state index contributed by atoms with van der Waals surface area (Å²) in [6, 6.07) is 12.3. The third-order valence-corrected chi connectivity index (χ3v) is 3.25. The lowest BCUT2D eigenvalue weighted by molar-refractivity contribution is -0.115. The highest BCUT2D eigenvalue weighted by molar-refractivity contribution is 5.97. The minimum Gasteiger partial charge on any atom is -0.326 e. The molecule has 6 heteroatoms. The molecule has 2 aromatic rings. The largest absolute Gasteiger partial charge is 0.326 e. The maximum Gasteiger partial charge on any atom is 0.269 e. The van der Waals surface area contributed by atoms with E-state index < -0.39 is 0 Å². The zero-order valence-corrected chi connectivity index (χ0v) is 13.2. The van der Waals surface area contributed by atoms with Crippen molar-refractivity contribution in [2.75, 3.05) is 5.32 Å². The van der Waals surface area contributed by atoms with Gasteiger partial charge in [0.25, 0.3) is 5.91 Å². The Labute approximate surface area is 139 Å². The Hall–Kier alpha value is -3.15. The molecule has 24 heavy (non-hydrogen) atoms. The normalized spacial score (nSPS) is 9.92. The summed E-state index contributed by atoms with van der Waals surface area (Å²) < 4.78 is 12.9. The lowest BCUT2D eigenvalue weighted by Gasteiger charge is -2.12. The lowest BCUT2D eigenvalue weighted by atomic mass is 10.2. The van der Waals surface area contributed by atoms with Gasteiger partial charge in [-0.2, -0.15) is 0 Å². The molecule has 0 fully saturated rings. The average molecular weight is 327 g/mol. The topological polar surface area (TPSA) is 70.2 Å². The molecule has 124 valence electrons. The smallest absolute Gasteiger partial charge is 0.269 e. The van der Waals surface area contributed by atoms with Gasteiger partial charge in [0.1, 0.15) is 5.82 Å². The summed E-state index contributed by atoms with van der Waals surface area (Å²) in [6.45, 7) is 5.53. The zero-order valence-electron chi connectivity index (χ0n) is 13.2. The highest BCUT2D eigenvalue weighted by atomic mass is 19.1. The van der Waals surface area contributed by atoms with Crippen molar-refractivity contribution in [3.63, 3.8) is 0 Å². The van der Waals surface area contributed by atoms with E-state index >= 15 is 0 Å². The van der Waals surface area contributed by atoms with Crippen LogP contribution in [0.25, 0.3) is 5.70 Å². The number of hydrogen-bond donors (Lipinski definition) is 3. The standard InChI is InChI=1S/C18H18FN3O2/c1-3-17(23)20-16-6-4-5-14(11-16)18(24)22-21-12(2)13-7-9-15(19)10-8-13/h4-11,21H,2-3H2,1H3,(H,20,23)(H,22,24). The fourth-order valence-corrected chi connectivity index (χ4v) is 1.92. The first-order chi connectivity index (χ1) is 11.5. The molecular formula is C18H18FN3O2. The van der Waals surface area contributed by atoms with E-state index in [9.17, 15) is 14.0 Å².